The Hall–Kier alpha value is -1.13. The van der Waals surface area contributed by atoms with Gasteiger partial charge < -0.3 is 5.73 Å². The minimum Gasteiger partial charge on any atom is -0.324 e. The van der Waals surface area contributed by atoms with Crippen molar-refractivity contribution in [1.29, 1.82) is 0 Å². The van der Waals surface area contributed by atoms with Crippen molar-refractivity contribution >= 4 is 17.3 Å². The van der Waals surface area contributed by atoms with Crippen molar-refractivity contribution < 1.29 is 4.92 Å². The number of nitro groups is 1. The van der Waals surface area contributed by atoms with E-state index in [0.29, 0.717) is 10.6 Å². The van der Waals surface area contributed by atoms with Crippen LogP contribution in [0.25, 0.3) is 0 Å². The minimum atomic E-state index is -0.482. The Morgan fingerprint density at radius 3 is 2.69 bits per heavy atom. The van der Waals surface area contributed by atoms with Gasteiger partial charge in [0.15, 0.2) is 0 Å². The first-order chi connectivity index (χ1) is 6.02. The van der Waals surface area contributed by atoms with Gasteiger partial charge in [-0.1, -0.05) is 11.6 Å². The van der Waals surface area contributed by atoms with Crippen LogP contribution in [-0.2, 0) is 0 Å². The van der Waals surface area contributed by atoms with Crippen LogP contribution in [0.1, 0.15) is 18.5 Å². The van der Waals surface area contributed by atoms with Crippen LogP contribution in [0.15, 0.2) is 18.2 Å². The molecule has 1 atom stereocenters. The number of benzene rings is 1. The van der Waals surface area contributed by atoms with Crippen LogP contribution >= 0.6 is 11.6 Å². The molecule has 1 unspecified atom stereocenters. The number of rotatable bonds is 2. The Labute approximate surface area is 80.5 Å². The molecule has 0 aliphatic rings. The maximum Gasteiger partial charge on any atom is 0.275 e. The molecule has 0 bridgehead atoms. The Balaban J connectivity index is 3.27. The second-order valence-corrected chi connectivity index (χ2v) is 3.19. The molecule has 1 aromatic carbocycles. The van der Waals surface area contributed by atoms with Gasteiger partial charge in [-0.05, 0) is 19.1 Å². The van der Waals surface area contributed by atoms with E-state index in [0.717, 1.165) is 0 Å². The molecule has 0 aromatic heterocycles. The summed E-state index contributed by atoms with van der Waals surface area (Å²) >= 11 is 5.62. The number of nitrogens with two attached hydrogens (primary N) is 1. The van der Waals surface area contributed by atoms with E-state index in [2.05, 4.69) is 0 Å². The van der Waals surface area contributed by atoms with Crippen LogP contribution in [0.5, 0.6) is 0 Å². The third-order valence-electron chi connectivity index (χ3n) is 1.68. The van der Waals surface area contributed by atoms with Crippen molar-refractivity contribution in [3.05, 3.63) is 38.9 Å². The third-order valence-corrected chi connectivity index (χ3v) is 1.91. The van der Waals surface area contributed by atoms with Gasteiger partial charge in [0, 0.05) is 22.7 Å². The fraction of sp³-hybridized carbons (Fsp3) is 0.250. The molecule has 1 aromatic rings. The lowest BCUT2D eigenvalue weighted by Gasteiger charge is -2.05. The lowest BCUT2D eigenvalue weighted by Crippen LogP contribution is -2.07. The van der Waals surface area contributed by atoms with Crippen LogP contribution < -0.4 is 5.73 Å². The van der Waals surface area contributed by atoms with Crippen LogP contribution in [-0.4, -0.2) is 4.92 Å². The fourth-order valence-electron chi connectivity index (χ4n) is 1.06. The predicted octanol–water partition coefficient (Wildman–Crippen LogP) is 2.27. The molecule has 0 radical (unpaired) electrons. The van der Waals surface area contributed by atoms with E-state index in [1.165, 1.54) is 6.07 Å². The Morgan fingerprint density at radius 1 is 1.62 bits per heavy atom. The van der Waals surface area contributed by atoms with Gasteiger partial charge in [-0.15, -0.1) is 0 Å². The molecule has 0 saturated heterocycles. The topological polar surface area (TPSA) is 69.2 Å². The minimum absolute atomic E-state index is 0.0255. The van der Waals surface area contributed by atoms with E-state index < -0.39 is 4.92 Å². The van der Waals surface area contributed by atoms with Gasteiger partial charge in [-0.2, -0.15) is 0 Å². The number of nitro benzene ring substituents is 1. The molecule has 1 rings (SSSR count). The zero-order chi connectivity index (χ0) is 10.0. The standard InChI is InChI=1S/C8H9ClN2O2/c1-5(10)7-3-2-6(9)4-8(7)11(12)13/h2-5H,10H2,1H3. The van der Waals surface area contributed by atoms with Crippen molar-refractivity contribution in [2.45, 2.75) is 13.0 Å². The van der Waals surface area contributed by atoms with Gasteiger partial charge >= 0.3 is 0 Å². The van der Waals surface area contributed by atoms with E-state index >= 15 is 0 Å². The maximum absolute atomic E-state index is 10.6. The third kappa shape index (κ3) is 2.17. The van der Waals surface area contributed by atoms with Crippen LogP contribution in [0.4, 0.5) is 5.69 Å². The van der Waals surface area contributed by atoms with Gasteiger partial charge in [0.2, 0.25) is 0 Å². The Morgan fingerprint density at radius 2 is 2.23 bits per heavy atom. The SMILES string of the molecule is CC(N)c1ccc(Cl)cc1[N+](=O)[O-]. The van der Waals surface area contributed by atoms with E-state index in [-0.39, 0.29) is 11.7 Å². The summed E-state index contributed by atoms with van der Waals surface area (Å²) in [7, 11) is 0. The zero-order valence-corrected chi connectivity index (χ0v) is 7.78. The second-order valence-electron chi connectivity index (χ2n) is 2.75. The molecule has 0 amide bonds. The first-order valence-corrected chi connectivity index (χ1v) is 4.09. The van der Waals surface area contributed by atoms with Gasteiger partial charge in [0.05, 0.1) is 4.92 Å². The largest absolute Gasteiger partial charge is 0.324 e. The van der Waals surface area contributed by atoms with Crippen LogP contribution in [0.2, 0.25) is 5.02 Å². The maximum atomic E-state index is 10.6. The summed E-state index contributed by atoms with van der Waals surface area (Å²) in [5.74, 6) is 0. The van der Waals surface area contributed by atoms with Crippen molar-refractivity contribution in [2.24, 2.45) is 5.73 Å². The Bertz CT molecular complexity index is 339. The van der Waals surface area contributed by atoms with Crippen molar-refractivity contribution in [3.8, 4) is 0 Å². The number of hydrogen-bond acceptors (Lipinski definition) is 3. The summed E-state index contributed by atoms with van der Waals surface area (Å²) in [6, 6.07) is 4.11. The summed E-state index contributed by atoms with van der Waals surface area (Å²) in [4.78, 5) is 10.1. The van der Waals surface area contributed by atoms with Crippen molar-refractivity contribution in [3.63, 3.8) is 0 Å². The molecular weight excluding hydrogens is 192 g/mol. The smallest absolute Gasteiger partial charge is 0.275 e. The van der Waals surface area contributed by atoms with Gasteiger partial charge in [0.25, 0.3) is 5.69 Å². The summed E-state index contributed by atoms with van der Waals surface area (Å²) in [6.07, 6.45) is 0. The molecule has 2 N–H and O–H groups in total. The average Bonchev–Trinajstić information content (AvgIpc) is 2.03. The van der Waals surface area contributed by atoms with E-state index in [1.54, 1.807) is 19.1 Å². The molecule has 0 aliphatic heterocycles. The monoisotopic (exact) mass is 200 g/mol. The first-order valence-electron chi connectivity index (χ1n) is 3.72. The quantitative estimate of drug-likeness (QED) is 0.588. The van der Waals surface area contributed by atoms with Gasteiger partial charge in [-0.25, -0.2) is 0 Å². The van der Waals surface area contributed by atoms with E-state index in [9.17, 15) is 10.1 Å². The average molecular weight is 201 g/mol. The van der Waals surface area contributed by atoms with Crippen LogP contribution in [0.3, 0.4) is 0 Å². The lowest BCUT2D eigenvalue weighted by molar-refractivity contribution is -0.385. The molecule has 70 valence electrons. The van der Waals surface area contributed by atoms with Gasteiger partial charge in [0.1, 0.15) is 0 Å². The molecule has 5 heteroatoms. The molecule has 0 aliphatic carbocycles. The zero-order valence-electron chi connectivity index (χ0n) is 7.03. The highest BCUT2D eigenvalue weighted by Crippen LogP contribution is 2.26. The summed E-state index contributed by atoms with van der Waals surface area (Å²) in [5.41, 5.74) is 6.02. The molecule has 0 saturated carbocycles. The van der Waals surface area contributed by atoms with Gasteiger partial charge in [-0.3, -0.25) is 10.1 Å². The second kappa shape index (κ2) is 3.72. The summed E-state index contributed by atoms with van der Waals surface area (Å²) in [6.45, 7) is 1.69. The highest BCUT2D eigenvalue weighted by Gasteiger charge is 2.16. The summed E-state index contributed by atoms with van der Waals surface area (Å²) in [5, 5.41) is 10.9. The number of halogens is 1. The molecule has 0 spiro atoms. The fourth-order valence-corrected chi connectivity index (χ4v) is 1.23. The number of nitrogens with zero attached hydrogens (tertiary/aromatic N) is 1. The molecule has 0 fully saturated rings. The highest BCUT2D eigenvalue weighted by atomic mass is 35.5. The number of hydrogen-bond donors (Lipinski definition) is 1. The predicted molar refractivity (Wildman–Crippen MR) is 50.7 cm³/mol. The van der Waals surface area contributed by atoms with Crippen molar-refractivity contribution in [2.75, 3.05) is 0 Å². The van der Waals surface area contributed by atoms with E-state index in [4.69, 9.17) is 17.3 Å². The molecular formula is C8H9ClN2O2. The van der Waals surface area contributed by atoms with Crippen molar-refractivity contribution in [1.82, 2.24) is 0 Å². The lowest BCUT2D eigenvalue weighted by atomic mass is 10.1. The molecule has 13 heavy (non-hydrogen) atoms. The molecule has 0 heterocycles. The first kappa shape index (κ1) is 9.95. The normalized spacial score (nSPS) is 12.5. The molecule has 4 nitrogen and oxygen atoms in total. The summed E-state index contributed by atoms with van der Waals surface area (Å²) < 4.78 is 0. The van der Waals surface area contributed by atoms with E-state index in [1.807, 2.05) is 0 Å². The van der Waals surface area contributed by atoms with Crippen LogP contribution in [0, 0.1) is 10.1 Å². The Kier molecular flexibility index (Phi) is 2.85. The highest BCUT2D eigenvalue weighted by molar-refractivity contribution is 6.30.